The smallest absolute Gasteiger partial charge is 0.333 e. The highest BCUT2D eigenvalue weighted by Gasteiger charge is 2.28. The molecule has 0 saturated carbocycles. The molecule has 118 valence electrons. The third kappa shape index (κ3) is 3.99. The summed E-state index contributed by atoms with van der Waals surface area (Å²) in [5, 5.41) is 15.1. The molecule has 21 heavy (non-hydrogen) atoms. The molecule has 0 unspecified atom stereocenters. The second-order valence-electron chi connectivity index (χ2n) is 5.51. The summed E-state index contributed by atoms with van der Waals surface area (Å²) in [5.74, 6) is -1.45. The van der Waals surface area contributed by atoms with Crippen molar-refractivity contribution < 1.29 is 23.5 Å². The number of aliphatic carboxylic acids is 1. The zero-order valence-electron chi connectivity index (χ0n) is 12.4. The summed E-state index contributed by atoms with van der Waals surface area (Å²) in [6.45, 7) is 3.20. The zero-order valence-corrected chi connectivity index (χ0v) is 12.4. The number of amides is 1. The van der Waals surface area contributed by atoms with Crippen LogP contribution in [0.5, 0.6) is 0 Å². The number of aryl methyl sites for hydroxylation is 1. The largest absolute Gasteiger partial charge is 0.481 e. The van der Waals surface area contributed by atoms with Gasteiger partial charge in [-0.05, 0) is 27.7 Å². The van der Waals surface area contributed by atoms with E-state index in [1.165, 1.54) is 20.8 Å². The van der Waals surface area contributed by atoms with E-state index in [2.05, 4.69) is 10.4 Å². The quantitative estimate of drug-likeness (QED) is 0.837. The van der Waals surface area contributed by atoms with Crippen molar-refractivity contribution in [3.8, 4) is 0 Å². The van der Waals surface area contributed by atoms with E-state index in [-0.39, 0.29) is 18.7 Å². The second kappa shape index (κ2) is 6.19. The minimum Gasteiger partial charge on any atom is -0.481 e. The molecular weight excluding hydrogens is 284 g/mol. The van der Waals surface area contributed by atoms with Crippen LogP contribution in [0.3, 0.4) is 0 Å². The molecule has 8 heteroatoms. The number of aromatic nitrogens is 2. The molecule has 0 spiro atoms. The molecule has 0 saturated heterocycles. The van der Waals surface area contributed by atoms with E-state index in [1.54, 1.807) is 6.92 Å². The van der Waals surface area contributed by atoms with E-state index >= 15 is 0 Å². The van der Waals surface area contributed by atoms with Crippen molar-refractivity contribution in [3.05, 3.63) is 17.0 Å². The van der Waals surface area contributed by atoms with Gasteiger partial charge >= 0.3 is 12.5 Å². The molecule has 0 fully saturated rings. The summed E-state index contributed by atoms with van der Waals surface area (Å²) >= 11 is 0. The van der Waals surface area contributed by atoms with Crippen molar-refractivity contribution in [1.82, 2.24) is 15.1 Å². The Kier molecular flexibility index (Phi) is 5.03. The third-order valence-electron chi connectivity index (χ3n) is 3.30. The van der Waals surface area contributed by atoms with Crippen LogP contribution < -0.4 is 5.32 Å². The number of hydrogen-bond donors (Lipinski definition) is 2. The first-order valence-electron chi connectivity index (χ1n) is 6.39. The zero-order chi connectivity index (χ0) is 16.4. The van der Waals surface area contributed by atoms with Gasteiger partial charge in [-0.1, -0.05) is 0 Å². The van der Waals surface area contributed by atoms with E-state index in [1.807, 2.05) is 0 Å². The van der Waals surface area contributed by atoms with Crippen molar-refractivity contribution in [1.29, 1.82) is 0 Å². The maximum atomic E-state index is 12.7. The van der Waals surface area contributed by atoms with Crippen LogP contribution in [-0.2, 0) is 16.0 Å². The van der Waals surface area contributed by atoms with Crippen molar-refractivity contribution in [2.24, 2.45) is 5.41 Å². The predicted octanol–water partition coefficient (Wildman–Crippen LogP) is 1.66. The molecule has 1 heterocycles. The van der Waals surface area contributed by atoms with E-state index in [4.69, 9.17) is 5.11 Å². The van der Waals surface area contributed by atoms with Gasteiger partial charge in [0.15, 0.2) is 0 Å². The van der Waals surface area contributed by atoms with Gasteiger partial charge in [0, 0.05) is 17.8 Å². The number of carboxylic acid groups (broad SMARTS) is 1. The number of nitrogens with one attached hydrogen (secondary N) is 1. The van der Waals surface area contributed by atoms with Crippen LogP contribution in [0.25, 0.3) is 0 Å². The number of carbonyl (C=O) groups is 2. The molecule has 2 N–H and O–H groups in total. The summed E-state index contributed by atoms with van der Waals surface area (Å²) in [6.07, 6.45) is -0.111. The molecule has 0 atom stereocenters. The Bertz CT molecular complexity index is 553. The second-order valence-corrected chi connectivity index (χ2v) is 5.51. The highest BCUT2D eigenvalue weighted by molar-refractivity contribution is 5.80. The van der Waals surface area contributed by atoms with Gasteiger partial charge in [0.05, 0.1) is 17.5 Å². The maximum absolute atomic E-state index is 12.7. The fourth-order valence-electron chi connectivity index (χ4n) is 1.76. The van der Waals surface area contributed by atoms with Crippen LogP contribution >= 0.6 is 0 Å². The van der Waals surface area contributed by atoms with Crippen LogP contribution in [0.2, 0.25) is 0 Å². The minimum absolute atomic E-state index is 0.0394. The third-order valence-corrected chi connectivity index (χ3v) is 3.30. The first kappa shape index (κ1) is 17.1. The van der Waals surface area contributed by atoms with Crippen LogP contribution in [0.15, 0.2) is 0 Å². The first-order chi connectivity index (χ1) is 9.56. The van der Waals surface area contributed by atoms with Gasteiger partial charge in [-0.3, -0.25) is 9.59 Å². The van der Waals surface area contributed by atoms with E-state index in [0.717, 1.165) is 0 Å². The molecule has 6 nitrogen and oxygen atoms in total. The number of halogens is 2. The summed E-state index contributed by atoms with van der Waals surface area (Å²) in [5.41, 5.74) is -0.0658. The Balaban J connectivity index is 2.74. The number of alkyl halides is 2. The van der Waals surface area contributed by atoms with E-state index in [9.17, 15) is 18.4 Å². The van der Waals surface area contributed by atoms with Crippen LogP contribution in [0.4, 0.5) is 8.78 Å². The average molecular weight is 303 g/mol. The molecule has 0 bridgehead atoms. The van der Waals surface area contributed by atoms with Gasteiger partial charge in [0.2, 0.25) is 5.91 Å². The highest BCUT2D eigenvalue weighted by Crippen LogP contribution is 2.20. The standard InChI is InChI=1S/C13H19F2N3O3/c1-7-9(8(2)18(17-7)12(14)15)5-10(19)16-6-13(3,4)11(20)21/h12H,5-6H2,1-4H3,(H,16,19)(H,20,21). The molecule has 0 aliphatic carbocycles. The molecule has 1 amide bonds. The SMILES string of the molecule is Cc1nn(C(F)F)c(C)c1CC(=O)NCC(C)(C)C(=O)O. The minimum atomic E-state index is -2.76. The summed E-state index contributed by atoms with van der Waals surface area (Å²) in [6, 6.07) is 0. The topological polar surface area (TPSA) is 84.2 Å². The van der Waals surface area contributed by atoms with Gasteiger partial charge in [-0.15, -0.1) is 0 Å². The molecule has 0 aromatic carbocycles. The Hall–Kier alpha value is -1.99. The Morgan fingerprint density at radius 1 is 1.38 bits per heavy atom. The van der Waals surface area contributed by atoms with Gasteiger partial charge in [-0.2, -0.15) is 13.9 Å². The fourth-order valence-corrected chi connectivity index (χ4v) is 1.76. The normalized spacial score (nSPS) is 11.8. The number of carbonyl (C=O) groups excluding carboxylic acids is 1. The fraction of sp³-hybridized carbons (Fsp3) is 0.615. The molecule has 0 radical (unpaired) electrons. The van der Waals surface area contributed by atoms with E-state index in [0.29, 0.717) is 15.9 Å². The Morgan fingerprint density at radius 3 is 2.38 bits per heavy atom. The van der Waals surface area contributed by atoms with Crippen LogP contribution in [-0.4, -0.2) is 33.3 Å². The predicted molar refractivity (Wildman–Crippen MR) is 71.1 cm³/mol. The van der Waals surface area contributed by atoms with E-state index < -0.39 is 23.8 Å². The first-order valence-corrected chi connectivity index (χ1v) is 6.39. The average Bonchev–Trinajstić information content (AvgIpc) is 2.64. The van der Waals surface area contributed by atoms with Gasteiger partial charge in [0.1, 0.15) is 0 Å². The molecule has 0 aliphatic heterocycles. The van der Waals surface area contributed by atoms with Gasteiger partial charge in [0.25, 0.3) is 0 Å². The monoisotopic (exact) mass is 303 g/mol. The molecule has 0 aliphatic rings. The summed E-state index contributed by atoms with van der Waals surface area (Å²) in [4.78, 5) is 22.8. The van der Waals surface area contributed by atoms with Gasteiger partial charge < -0.3 is 10.4 Å². The van der Waals surface area contributed by atoms with Crippen LogP contribution in [0.1, 0.15) is 37.3 Å². The molecule has 1 rings (SSSR count). The number of nitrogens with zero attached hydrogens (tertiary/aromatic N) is 2. The van der Waals surface area contributed by atoms with Crippen molar-refractivity contribution >= 4 is 11.9 Å². The lowest BCUT2D eigenvalue weighted by Gasteiger charge is -2.19. The lowest BCUT2D eigenvalue weighted by molar-refractivity contribution is -0.146. The Labute approximate surface area is 121 Å². The van der Waals surface area contributed by atoms with Crippen molar-refractivity contribution in [3.63, 3.8) is 0 Å². The van der Waals surface area contributed by atoms with Crippen molar-refractivity contribution in [2.45, 2.75) is 40.7 Å². The number of carboxylic acids is 1. The van der Waals surface area contributed by atoms with Crippen molar-refractivity contribution in [2.75, 3.05) is 6.54 Å². The highest BCUT2D eigenvalue weighted by atomic mass is 19.3. The lowest BCUT2D eigenvalue weighted by Crippen LogP contribution is -2.39. The lowest BCUT2D eigenvalue weighted by atomic mass is 9.94. The molecule has 1 aromatic heterocycles. The summed E-state index contributed by atoms with van der Waals surface area (Å²) in [7, 11) is 0. The number of rotatable bonds is 6. The van der Waals surface area contributed by atoms with Gasteiger partial charge in [-0.25, -0.2) is 4.68 Å². The van der Waals surface area contributed by atoms with Crippen LogP contribution in [0, 0.1) is 19.3 Å². The molecular formula is C13H19F2N3O3. The maximum Gasteiger partial charge on any atom is 0.333 e. The number of hydrogen-bond acceptors (Lipinski definition) is 3. The summed E-state index contributed by atoms with van der Waals surface area (Å²) < 4.78 is 25.9. The molecule has 1 aromatic rings. The Morgan fingerprint density at radius 2 is 1.95 bits per heavy atom.